The number of hydrogen-bond donors (Lipinski definition) is 1. The molecule has 1 aromatic rings. The monoisotopic (exact) mass is 259 g/mol. The van der Waals surface area contributed by atoms with Gasteiger partial charge in [0.25, 0.3) is 5.91 Å². The summed E-state index contributed by atoms with van der Waals surface area (Å²) in [4.78, 5) is 13.9. The number of likely N-dealkylation sites (tertiary alicyclic amines) is 1. The van der Waals surface area contributed by atoms with Crippen LogP contribution in [0.25, 0.3) is 0 Å². The topological polar surface area (TPSA) is 40.5 Å². The molecule has 2 rings (SSSR count). The van der Waals surface area contributed by atoms with E-state index in [1.807, 2.05) is 13.8 Å². The van der Waals surface area contributed by atoms with Crippen molar-refractivity contribution in [1.29, 1.82) is 0 Å². The minimum absolute atomic E-state index is 0.0900. The third kappa shape index (κ3) is 1.75. The van der Waals surface area contributed by atoms with Crippen molar-refractivity contribution in [2.24, 2.45) is 0 Å². The average Bonchev–Trinajstić information content (AvgIpc) is 2.73. The first kappa shape index (κ1) is 11.9. The van der Waals surface area contributed by atoms with Crippen LogP contribution >= 0.6 is 22.9 Å². The van der Waals surface area contributed by atoms with E-state index in [0.717, 1.165) is 0 Å². The van der Waals surface area contributed by atoms with E-state index in [-0.39, 0.29) is 5.91 Å². The highest BCUT2D eigenvalue weighted by Crippen LogP contribution is 2.32. The van der Waals surface area contributed by atoms with Crippen LogP contribution in [-0.2, 0) is 0 Å². The minimum atomic E-state index is -0.512. The average molecular weight is 260 g/mol. The second-order valence-electron chi connectivity index (χ2n) is 4.55. The van der Waals surface area contributed by atoms with E-state index in [4.69, 9.17) is 11.6 Å². The molecule has 16 heavy (non-hydrogen) atoms. The molecule has 0 bridgehead atoms. The summed E-state index contributed by atoms with van der Waals surface area (Å²) >= 11 is 7.36. The first-order valence-corrected chi connectivity index (χ1v) is 6.48. The number of rotatable bonds is 1. The van der Waals surface area contributed by atoms with Crippen molar-refractivity contribution < 1.29 is 9.90 Å². The van der Waals surface area contributed by atoms with Gasteiger partial charge in [0.05, 0.1) is 22.2 Å². The number of hydrogen-bond acceptors (Lipinski definition) is 3. The molecule has 2 heterocycles. The van der Waals surface area contributed by atoms with Crippen LogP contribution in [0.1, 0.15) is 30.6 Å². The van der Waals surface area contributed by atoms with Crippen LogP contribution < -0.4 is 0 Å². The van der Waals surface area contributed by atoms with Crippen LogP contribution in [0.15, 0.2) is 10.8 Å². The van der Waals surface area contributed by atoms with E-state index in [2.05, 4.69) is 0 Å². The summed E-state index contributed by atoms with van der Waals surface area (Å²) in [6, 6.07) is 0. The van der Waals surface area contributed by atoms with Gasteiger partial charge in [-0.05, 0) is 20.3 Å². The van der Waals surface area contributed by atoms with Crippen LogP contribution in [0.3, 0.4) is 0 Å². The second-order valence-corrected chi connectivity index (χ2v) is 5.70. The Morgan fingerprint density at radius 3 is 2.75 bits per heavy atom. The number of aliphatic hydroxyl groups is 1. The molecule has 1 atom stereocenters. The molecule has 1 aliphatic heterocycles. The summed E-state index contributed by atoms with van der Waals surface area (Å²) in [6.45, 7) is 4.34. The van der Waals surface area contributed by atoms with E-state index in [0.29, 0.717) is 23.6 Å². The number of halogens is 1. The van der Waals surface area contributed by atoms with Crippen LogP contribution in [0.5, 0.6) is 0 Å². The number of aliphatic hydroxyl groups excluding tert-OH is 1. The largest absolute Gasteiger partial charge is 0.391 e. The van der Waals surface area contributed by atoms with Crippen LogP contribution in [0, 0.1) is 0 Å². The Bertz CT molecular complexity index is 416. The van der Waals surface area contributed by atoms with Crippen molar-refractivity contribution in [2.45, 2.75) is 31.9 Å². The number of nitrogens with zero attached hydrogens (tertiary/aromatic N) is 1. The predicted molar refractivity (Wildman–Crippen MR) is 65.1 cm³/mol. The van der Waals surface area contributed by atoms with Gasteiger partial charge in [0.2, 0.25) is 0 Å². The number of carbonyl (C=O) groups excluding carboxylic acids is 1. The molecule has 1 aromatic heterocycles. The molecule has 0 spiro atoms. The molecule has 1 saturated heterocycles. The van der Waals surface area contributed by atoms with Crippen molar-refractivity contribution in [1.82, 2.24) is 4.90 Å². The quantitative estimate of drug-likeness (QED) is 0.841. The maximum atomic E-state index is 12.2. The fraction of sp³-hybridized carbons (Fsp3) is 0.545. The first-order valence-electron chi connectivity index (χ1n) is 5.16. The number of carbonyl (C=O) groups is 1. The Kier molecular flexibility index (Phi) is 2.99. The van der Waals surface area contributed by atoms with Gasteiger partial charge in [-0.1, -0.05) is 11.6 Å². The predicted octanol–water partition coefficient (Wildman–Crippen LogP) is 2.39. The summed E-state index contributed by atoms with van der Waals surface area (Å²) in [5.74, 6) is -0.0900. The molecular weight excluding hydrogens is 246 g/mol. The molecule has 0 saturated carbocycles. The Hall–Kier alpha value is -0.580. The molecule has 88 valence electrons. The van der Waals surface area contributed by atoms with Gasteiger partial charge in [-0.2, -0.15) is 0 Å². The fourth-order valence-corrected chi connectivity index (χ4v) is 3.05. The molecule has 1 aliphatic rings. The lowest BCUT2D eigenvalue weighted by Gasteiger charge is -2.33. The summed E-state index contributed by atoms with van der Waals surface area (Å²) in [5, 5.41) is 13.8. The van der Waals surface area contributed by atoms with Gasteiger partial charge < -0.3 is 10.0 Å². The first-order chi connectivity index (χ1) is 7.44. The van der Waals surface area contributed by atoms with E-state index >= 15 is 0 Å². The smallest absolute Gasteiger partial charge is 0.256 e. The maximum Gasteiger partial charge on any atom is 0.256 e. The lowest BCUT2D eigenvalue weighted by Crippen LogP contribution is -2.48. The molecule has 0 aliphatic carbocycles. The van der Waals surface area contributed by atoms with Gasteiger partial charge in [-0.25, -0.2) is 0 Å². The van der Waals surface area contributed by atoms with Crippen molar-refractivity contribution in [2.75, 3.05) is 6.54 Å². The standard InChI is InChI=1S/C11H14ClNO2S/c1-11(2)9(14)3-4-13(11)10(15)7-5-16-6-8(7)12/h5-6,9,14H,3-4H2,1-2H3/t9-/m0/s1. The van der Waals surface area contributed by atoms with Gasteiger partial charge in [0, 0.05) is 17.3 Å². The van der Waals surface area contributed by atoms with Crippen molar-refractivity contribution in [3.05, 3.63) is 21.3 Å². The Balaban J connectivity index is 2.27. The lowest BCUT2D eigenvalue weighted by molar-refractivity contribution is 0.0395. The van der Waals surface area contributed by atoms with Gasteiger partial charge in [0.1, 0.15) is 0 Å². The summed E-state index contributed by atoms with van der Waals surface area (Å²) in [6.07, 6.45) is 0.161. The Morgan fingerprint density at radius 1 is 1.62 bits per heavy atom. The number of amides is 1. The van der Waals surface area contributed by atoms with Gasteiger partial charge >= 0.3 is 0 Å². The van der Waals surface area contributed by atoms with E-state index in [9.17, 15) is 9.90 Å². The second kappa shape index (κ2) is 4.02. The molecule has 1 amide bonds. The minimum Gasteiger partial charge on any atom is -0.391 e. The zero-order chi connectivity index (χ0) is 11.9. The van der Waals surface area contributed by atoms with Crippen LogP contribution in [0.4, 0.5) is 0 Å². The third-order valence-electron chi connectivity index (χ3n) is 3.23. The third-order valence-corrected chi connectivity index (χ3v) is 4.41. The zero-order valence-electron chi connectivity index (χ0n) is 9.24. The van der Waals surface area contributed by atoms with Crippen molar-refractivity contribution >= 4 is 28.8 Å². The SMILES string of the molecule is CC1(C)[C@@H](O)CCN1C(=O)c1cscc1Cl. The highest BCUT2D eigenvalue weighted by Gasteiger charge is 2.43. The number of thiophene rings is 1. The molecule has 1 N–H and O–H groups in total. The van der Waals surface area contributed by atoms with Crippen LogP contribution in [0.2, 0.25) is 5.02 Å². The van der Waals surface area contributed by atoms with Crippen LogP contribution in [-0.4, -0.2) is 34.1 Å². The zero-order valence-corrected chi connectivity index (χ0v) is 10.8. The van der Waals surface area contributed by atoms with Gasteiger partial charge in [-0.15, -0.1) is 11.3 Å². The molecule has 3 nitrogen and oxygen atoms in total. The van der Waals surface area contributed by atoms with Crippen molar-refractivity contribution in [3.8, 4) is 0 Å². The van der Waals surface area contributed by atoms with Gasteiger partial charge in [-0.3, -0.25) is 4.79 Å². The summed E-state index contributed by atoms with van der Waals surface area (Å²) < 4.78 is 0. The van der Waals surface area contributed by atoms with Gasteiger partial charge in [0.15, 0.2) is 0 Å². The van der Waals surface area contributed by atoms with E-state index in [1.165, 1.54) is 11.3 Å². The molecular formula is C11H14ClNO2S. The molecule has 0 unspecified atom stereocenters. The highest BCUT2D eigenvalue weighted by atomic mass is 35.5. The highest BCUT2D eigenvalue weighted by molar-refractivity contribution is 7.08. The maximum absolute atomic E-state index is 12.2. The summed E-state index contributed by atoms with van der Waals surface area (Å²) in [7, 11) is 0. The Labute approximate surface area is 104 Å². The molecule has 0 aromatic carbocycles. The van der Waals surface area contributed by atoms with E-state index < -0.39 is 11.6 Å². The molecule has 0 radical (unpaired) electrons. The molecule has 5 heteroatoms. The van der Waals surface area contributed by atoms with Crippen molar-refractivity contribution in [3.63, 3.8) is 0 Å². The fourth-order valence-electron chi connectivity index (χ4n) is 2.02. The Morgan fingerprint density at radius 2 is 2.31 bits per heavy atom. The molecule has 1 fully saturated rings. The summed E-state index contributed by atoms with van der Waals surface area (Å²) in [5.41, 5.74) is 0.0244. The van der Waals surface area contributed by atoms with E-state index in [1.54, 1.807) is 15.7 Å². The normalized spacial score (nSPS) is 23.8. The lowest BCUT2D eigenvalue weighted by atomic mass is 9.98.